The van der Waals surface area contributed by atoms with Crippen molar-refractivity contribution in [2.24, 2.45) is 5.92 Å². The molecular weight excluding hydrogens is 388 g/mol. The summed E-state index contributed by atoms with van der Waals surface area (Å²) in [4.78, 5) is 5.21. The zero-order chi connectivity index (χ0) is 20.5. The van der Waals surface area contributed by atoms with Crippen molar-refractivity contribution in [3.05, 3.63) is 101 Å². The predicted molar refractivity (Wildman–Crippen MR) is 126 cm³/mol. The summed E-state index contributed by atoms with van der Waals surface area (Å²) in [5, 5.41) is 0.839. The summed E-state index contributed by atoms with van der Waals surface area (Å²) < 4.78 is 0. The highest BCUT2D eigenvalue weighted by atomic mass is 35.5. The van der Waals surface area contributed by atoms with E-state index in [2.05, 4.69) is 89.6 Å². The quantitative estimate of drug-likeness (QED) is 0.498. The van der Waals surface area contributed by atoms with Gasteiger partial charge in [-0.3, -0.25) is 4.90 Å². The number of fused-ring (bicyclic) bond motifs is 3. The van der Waals surface area contributed by atoms with Gasteiger partial charge in [0.1, 0.15) is 0 Å². The van der Waals surface area contributed by atoms with Crippen LogP contribution in [0.3, 0.4) is 0 Å². The zero-order valence-corrected chi connectivity index (χ0v) is 18.2. The molecule has 3 heteroatoms. The first-order valence-corrected chi connectivity index (χ1v) is 11.4. The highest BCUT2D eigenvalue weighted by Gasteiger charge is 2.48. The van der Waals surface area contributed by atoms with Crippen LogP contribution in [0.25, 0.3) is 0 Å². The van der Waals surface area contributed by atoms with Crippen molar-refractivity contribution < 1.29 is 0 Å². The molecule has 2 atom stereocenters. The van der Waals surface area contributed by atoms with Gasteiger partial charge in [0.15, 0.2) is 0 Å². The fourth-order valence-corrected chi connectivity index (χ4v) is 6.08. The van der Waals surface area contributed by atoms with Crippen LogP contribution in [0.4, 0.5) is 5.69 Å². The number of halogens is 1. The Labute approximate surface area is 185 Å². The van der Waals surface area contributed by atoms with Gasteiger partial charge in [-0.1, -0.05) is 84.4 Å². The number of hydrogen-bond acceptors (Lipinski definition) is 2. The molecule has 2 nitrogen and oxygen atoms in total. The Morgan fingerprint density at radius 1 is 0.800 bits per heavy atom. The number of likely N-dealkylation sites (N-methyl/N-ethyl adjacent to an activating group) is 1. The molecule has 3 aliphatic rings. The molecular formula is C27H29ClN2. The SMILES string of the molecule is CN(c1ccccc1Cl)[C@@H]1C2CCN(CC2)[C@@H]1C(c1ccccc1)c1ccccc1. The molecule has 3 aliphatic heterocycles. The fourth-order valence-electron chi connectivity index (χ4n) is 5.81. The van der Waals surface area contributed by atoms with Crippen molar-refractivity contribution in [1.29, 1.82) is 0 Å². The van der Waals surface area contributed by atoms with Crippen molar-refractivity contribution in [3.63, 3.8) is 0 Å². The van der Waals surface area contributed by atoms with Gasteiger partial charge < -0.3 is 4.90 Å². The minimum Gasteiger partial charge on any atom is -0.369 e. The third kappa shape index (κ3) is 3.53. The maximum Gasteiger partial charge on any atom is 0.0639 e. The van der Waals surface area contributed by atoms with Crippen molar-refractivity contribution in [2.45, 2.75) is 30.8 Å². The van der Waals surface area contributed by atoms with Crippen molar-refractivity contribution in [1.82, 2.24) is 4.90 Å². The Kier molecular flexibility index (Phi) is 5.54. The van der Waals surface area contributed by atoms with E-state index in [4.69, 9.17) is 11.6 Å². The van der Waals surface area contributed by atoms with E-state index >= 15 is 0 Å². The lowest BCUT2D eigenvalue weighted by molar-refractivity contribution is 0.0186. The minimum absolute atomic E-state index is 0.338. The summed E-state index contributed by atoms with van der Waals surface area (Å²) in [5.41, 5.74) is 3.94. The average Bonchev–Trinajstić information content (AvgIpc) is 2.81. The molecule has 3 aromatic rings. The number of hydrogen-bond donors (Lipinski definition) is 0. The average molecular weight is 417 g/mol. The van der Waals surface area contributed by atoms with Crippen LogP contribution in [0, 0.1) is 5.92 Å². The molecule has 3 aromatic carbocycles. The summed E-state index contributed by atoms with van der Waals surface area (Å²) >= 11 is 6.65. The summed E-state index contributed by atoms with van der Waals surface area (Å²) in [5.74, 6) is 1.03. The van der Waals surface area contributed by atoms with E-state index < -0.39 is 0 Å². The fraction of sp³-hybridized carbons (Fsp3) is 0.333. The molecule has 0 radical (unpaired) electrons. The third-order valence-corrected chi connectivity index (χ3v) is 7.49. The second-order valence-electron chi connectivity index (χ2n) is 8.72. The molecule has 0 aliphatic carbocycles. The van der Waals surface area contributed by atoms with Gasteiger partial charge in [-0.2, -0.15) is 0 Å². The van der Waals surface area contributed by atoms with Crippen LogP contribution in [-0.2, 0) is 0 Å². The Bertz CT molecular complexity index is 927. The summed E-state index contributed by atoms with van der Waals surface area (Å²) in [6.07, 6.45) is 2.54. The van der Waals surface area contributed by atoms with Crippen LogP contribution in [0.5, 0.6) is 0 Å². The number of para-hydroxylation sites is 1. The number of piperidine rings is 3. The molecule has 6 rings (SSSR count). The largest absolute Gasteiger partial charge is 0.369 e. The lowest BCUT2D eigenvalue weighted by atomic mass is 9.70. The zero-order valence-electron chi connectivity index (χ0n) is 17.5. The molecule has 3 saturated heterocycles. The van der Waals surface area contributed by atoms with Crippen molar-refractivity contribution in [2.75, 3.05) is 25.0 Å². The van der Waals surface area contributed by atoms with Gasteiger partial charge in [0.25, 0.3) is 0 Å². The summed E-state index contributed by atoms with van der Waals surface area (Å²) in [6, 6.07) is 31.3. The molecule has 0 unspecified atom stereocenters. The first kappa shape index (κ1) is 19.7. The Morgan fingerprint density at radius 2 is 1.33 bits per heavy atom. The van der Waals surface area contributed by atoms with Crippen LogP contribution in [0.2, 0.25) is 5.02 Å². The standard InChI is InChI=1S/C27H29ClN2/c1-29(24-15-9-8-14-23(24)28)26-22-16-18-30(19-17-22)27(26)25(20-10-4-2-5-11-20)21-12-6-3-7-13-21/h2-15,22,25-27H,16-19H2,1H3/t26-,27-/m1/s1. The number of rotatable bonds is 5. The molecule has 30 heavy (non-hydrogen) atoms. The van der Waals surface area contributed by atoms with E-state index in [1.54, 1.807) is 0 Å². The van der Waals surface area contributed by atoms with Gasteiger partial charge in [0, 0.05) is 25.0 Å². The van der Waals surface area contributed by atoms with E-state index in [0.717, 1.165) is 10.7 Å². The normalized spacial score (nSPS) is 25.4. The lowest BCUT2D eigenvalue weighted by Crippen LogP contribution is -2.65. The second kappa shape index (κ2) is 8.45. The first-order valence-electron chi connectivity index (χ1n) is 11.1. The smallest absolute Gasteiger partial charge is 0.0639 e. The molecule has 0 saturated carbocycles. The van der Waals surface area contributed by atoms with Gasteiger partial charge in [0.2, 0.25) is 0 Å². The molecule has 2 bridgehead atoms. The first-order chi connectivity index (χ1) is 14.7. The monoisotopic (exact) mass is 416 g/mol. The highest BCUT2D eigenvalue weighted by Crippen LogP contribution is 2.45. The molecule has 0 N–H and O–H groups in total. The number of anilines is 1. The van der Waals surface area contributed by atoms with E-state index in [9.17, 15) is 0 Å². The minimum atomic E-state index is 0.338. The second-order valence-corrected chi connectivity index (χ2v) is 9.12. The van der Waals surface area contributed by atoms with E-state index in [1.807, 2.05) is 12.1 Å². The van der Waals surface area contributed by atoms with Crippen LogP contribution >= 0.6 is 11.6 Å². The van der Waals surface area contributed by atoms with Crippen molar-refractivity contribution in [3.8, 4) is 0 Å². The van der Waals surface area contributed by atoms with E-state index in [-0.39, 0.29) is 0 Å². The molecule has 3 heterocycles. The highest BCUT2D eigenvalue weighted by molar-refractivity contribution is 6.33. The van der Waals surface area contributed by atoms with E-state index in [1.165, 1.54) is 37.1 Å². The topological polar surface area (TPSA) is 6.48 Å². The van der Waals surface area contributed by atoms with Gasteiger partial charge in [-0.15, -0.1) is 0 Å². The number of nitrogens with zero attached hydrogens (tertiary/aromatic N) is 2. The Hall–Kier alpha value is -2.29. The predicted octanol–water partition coefficient (Wildman–Crippen LogP) is 6.07. The van der Waals surface area contributed by atoms with E-state index in [0.29, 0.717) is 23.9 Å². The molecule has 3 fully saturated rings. The van der Waals surface area contributed by atoms with Crippen LogP contribution in [0.15, 0.2) is 84.9 Å². The van der Waals surface area contributed by atoms with Crippen LogP contribution < -0.4 is 4.90 Å². The maximum atomic E-state index is 6.65. The Morgan fingerprint density at radius 3 is 1.90 bits per heavy atom. The molecule has 154 valence electrons. The lowest BCUT2D eigenvalue weighted by Gasteiger charge is -2.56. The van der Waals surface area contributed by atoms with Gasteiger partial charge in [0.05, 0.1) is 10.7 Å². The Balaban J connectivity index is 1.62. The van der Waals surface area contributed by atoms with Gasteiger partial charge in [-0.05, 0) is 55.1 Å². The van der Waals surface area contributed by atoms with Crippen LogP contribution in [-0.4, -0.2) is 37.1 Å². The third-order valence-electron chi connectivity index (χ3n) is 7.17. The number of benzene rings is 3. The summed E-state index contributed by atoms with van der Waals surface area (Å²) in [6.45, 7) is 2.39. The molecule has 0 amide bonds. The molecule has 0 spiro atoms. The van der Waals surface area contributed by atoms with Gasteiger partial charge in [-0.25, -0.2) is 0 Å². The summed E-state index contributed by atoms with van der Waals surface area (Å²) in [7, 11) is 2.24. The maximum absolute atomic E-state index is 6.65. The van der Waals surface area contributed by atoms with Crippen LogP contribution in [0.1, 0.15) is 29.9 Å². The molecule has 0 aromatic heterocycles. The van der Waals surface area contributed by atoms with Crippen molar-refractivity contribution >= 4 is 17.3 Å². The van der Waals surface area contributed by atoms with Gasteiger partial charge >= 0.3 is 0 Å².